The van der Waals surface area contributed by atoms with E-state index >= 15 is 0 Å². The summed E-state index contributed by atoms with van der Waals surface area (Å²) >= 11 is 0. The predicted molar refractivity (Wildman–Crippen MR) is 213 cm³/mol. The molecule has 6 aliphatic rings. The first kappa shape index (κ1) is 44.7. The molecule has 316 valence electrons. The molecule has 14 unspecified atom stereocenters. The van der Waals surface area contributed by atoms with Gasteiger partial charge in [0.2, 0.25) is 0 Å². The molecule has 4 bridgehead atoms. The van der Waals surface area contributed by atoms with Crippen LogP contribution in [0.4, 0.5) is 0 Å². The van der Waals surface area contributed by atoms with Gasteiger partial charge in [-0.3, -0.25) is 9.59 Å². The Morgan fingerprint density at radius 2 is 1.02 bits per heavy atom. The molecule has 0 heterocycles. The largest absolute Gasteiger partial charge is 0.481 e. The first-order chi connectivity index (χ1) is 26.5. The second kappa shape index (κ2) is 17.4. The summed E-state index contributed by atoms with van der Waals surface area (Å²) < 4.78 is 21.8. The lowest BCUT2D eigenvalue weighted by molar-refractivity contribution is -0.161. The zero-order valence-electron chi connectivity index (χ0n) is 35.9. The van der Waals surface area contributed by atoms with Crippen LogP contribution >= 0.6 is 0 Å². The van der Waals surface area contributed by atoms with E-state index in [2.05, 4.69) is 53.7 Å². The maximum Gasteiger partial charge on any atom is 0.314 e. The minimum Gasteiger partial charge on any atom is -0.481 e. The summed E-state index contributed by atoms with van der Waals surface area (Å²) in [7, 11) is 3.25. The Labute approximate surface area is 335 Å². The molecule has 0 aromatic rings. The van der Waals surface area contributed by atoms with Gasteiger partial charge >= 0.3 is 11.9 Å². The lowest BCUT2D eigenvalue weighted by atomic mass is 9.52. The zero-order valence-corrected chi connectivity index (χ0v) is 35.9. The summed E-state index contributed by atoms with van der Waals surface area (Å²) in [4.78, 5) is 50.9. The second-order valence-corrected chi connectivity index (χ2v) is 19.2. The highest BCUT2D eigenvalue weighted by atomic mass is 16.7. The van der Waals surface area contributed by atoms with Crippen molar-refractivity contribution in [2.75, 3.05) is 27.4 Å². The Bertz CT molecular complexity index is 1390. The van der Waals surface area contributed by atoms with E-state index in [4.69, 9.17) is 18.9 Å². The lowest BCUT2D eigenvalue weighted by Gasteiger charge is -2.48. The topological polar surface area (TPSA) is 146 Å². The van der Waals surface area contributed by atoms with Crippen molar-refractivity contribution in [1.82, 2.24) is 0 Å². The number of aldehydes is 2. The van der Waals surface area contributed by atoms with Crippen molar-refractivity contribution >= 4 is 24.5 Å². The van der Waals surface area contributed by atoms with Gasteiger partial charge in [0.05, 0.1) is 0 Å². The number of methoxy groups -OCH3 is 2. The van der Waals surface area contributed by atoms with Crippen molar-refractivity contribution in [1.29, 1.82) is 0 Å². The Hall–Kier alpha value is -2.40. The van der Waals surface area contributed by atoms with Gasteiger partial charge in [-0.15, -0.1) is 0 Å². The van der Waals surface area contributed by atoms with Gasteiger partial charge in [0.15, 0.2) is 12.6 Å². The summed E-state index contributed by atoms with van der Waals surface area (Å²) in [6.07, 6.45) is 14.1. The Morgan fingerprint density at radius 3 is 1.30 bits per heavy atom. The molecule has 10 nitrogen and oxygen atoms in total. The van der Waals surface area contributed by atoms with Crippen molar-refractivity contribution < 1.29 is 48.3 Å². The number of hydrogen-bond acceptors (Lipinski definition) is 8. The molecule has 0 aromatic heterocycles. The van der Waals surface area contributed by atoms with Gasteiger partial charge in [-0.1, -0.05) is 77.7 Å². The number of carboxylic acids is 2. The van der Waals surface area contributed by atoms with E-state index in [1.807, 2.05) is 13.8 Å². The maximum absolute atomic E-state index is 12.7. The number of carboxylic acid groups (broad SMARTS) is 2. The lowest BCUT2D eigenvalue weighted by Crippen LogP contribution is -2.53. The average molecular weight is 785 g/mol. The van der Waals surface area contributed by atoms with Crippen LogP contribution in [0.25, 0.3) is 0 Å². The van der Waals surface area contributed by atoms with Crippen LogP contribution in [0.15, 0.2) is 23.3 Å². The van der Waals surface area contributed by atoms with E-state index < -0.39 is 33.6 Å². The van der Waals surface area contributed by atoms with Crippen molar-refractivity contribution in [2.24, 2.45) is 80.8 Å². The van der Waals surface area contributed by atoms with Crippen molar-refractivity contribution in [2.45, 2.75) is 132 Å². The Balaban J connectivity index is 0.000000214. The fourth-order valence-electron chi connectivity index (χ4n) is 13.6. The van der Waals surface area contributed by atoms with Crippen LogP contribution in [-0.2, 0) is 38.1 Å². The average Bonchev–Trinajstić information content (AvgIpc) is 4.02. The van der Waals surface area contributed by atoms with Crippen molar-refractivity contribution in [3.8, 4) is 0 Å². The molecule has 0 aromatic carbocycles. The molecule has 0 spiro atoms. The summed E-state index contributed by atoms with van der Waals surface area (Å²) in [5, 5.41) is 20.9. The Morgan fingerprint density at radius 1 is 0.661 bits per heavy atom. The number of fused-ring (bicyclic) bond motifs is 4. The highest BCUT2D eigenvalue weighted by Crippen LogP contribution is 2.72. The minimum atomic E-state index is -1.03. The molecule has 4 fully saturated rings. The van der Waals surface area contributed by atoms with Crippen LogP contribution in [0.2, 0.25) is 0 Å². The number of aliphatic carboxylic acids is 2. The van der Waals surface area contributed by atoms with E-state index in [1.165, 1.54) is 0 Å². The molecule has 14 atom stereocenters. The standard InChI is InChI=1S/2C23H36O5/c2*1-14(2)20-10-17-11-22(13-24,23(20,12-17)21(25)26)19-7-6-15(3)18(19)8-9-28-16(4)27-5/h2*10,13-19H,6-9,11-12H2,1-5H3,(H,25,26). The molecule has 6 rings (SSSR count). The van der Waals surface area contributed by atoms with Crippen LogP contribution < -0.4 is 0 Å². The summed E-state index contributed by atoms with van der Waals surface area (Å²) in [5.41, 5.74) is -1.68. The van der Waals surface area contributed by atoms with Crippen molar-refractivity contribution in [3.63, 3.8) is 0 Å². The molecule has 56 heavy (non-hydrogen) atoms. The quantitative estimate of drug-likeness (QED) is 0.0787. The van der Waals surface area contributed by atoms with Crippen LogP contribution in [0.1, 0.15) is 120 Å². The number of carbonyl (C=O) groups is 4. The molecule has 10 heteroatoms. The third-order valence-electron chi connectivity index (χ3n) is 16.1. The fourth-order valence-corrected chi connectivity index (χ4v) is 13.6. The number of ether oxygens (including phenoxy) is 4. The fraction of sp³-hybridized carbons (Fsp3) is 0.826. The molecule has 0 radical (unpaired) electrons. The molecule has 4 saturated carbocycles. The van der Waals surface area contributed by atoms with E-state index in [0.717, 1.165) is 62.2 Å². The van der Waals surface area contributed by atoms with Crippen LogP contribution in [-0.4, -0.2) is 74.7 Å². The number of carbonyl (C=O) groups excluding carboxylic acids is 2. The molecule has 0 aliphatic heterocycles. The first-order valence-electron chi connectivity index (χ1n) is 21.6. The Kier molecular flexibility index (Phi) is 13.9. The van der Waals surface area contributed by atoms with Crippen LogP contribution in [0, 0.1) is 80.8 Å². The van der Waals surface area contributed by atoms with E-state index in [1.54, 1.807) is 14.2 Å². The van der Waals surface area contributed by atoms with Gasteiger partial charge in [0.1, 0.15) is 23.4 Å². The summed E-state index contributed by atoms with van der Waals surface area (Å²) in [6.45, 7) is 17.6. The highest BCUT2D eigenvalue weighted by Gasteiger charge is 2.72. The number of hydrogen-bond donors (Lipinski definition) is 2. The molecule has 6 aliphatic carbocycles. The zero-order chi connectivity index (χ0) is 41.4. The highest BCUT2D eigenvalue weighted by molar-refractivity contribution is 5.89. The summed E-state index contributed by atoms with van der Waals surface area (Å²) in [6, 6.07) is 0. The van der Waals surface area contributed by atoms with Gasteiger partial charge in [0.25, 0.3) is 0 Å². The van der Waals surface area contributed by atoms with Crippen LogP contribution in [0.3, 0.4) is 0 Å². The van der Waals surface area contributed by atoms with Gasteiger partial charge in [-0.2, -0.15) is 0 Å². The smallest absolute Gasteiger partial charge is 0.314 e. The second-order valence-electron chi connectivity index (χ2n) is 19.2. The van der Waals surface area contributed by atoms with E-state index in [-0.39, 0.29) is 48.1 Å². The number of rotatable bonds is 18. The predicted octanol–water partition coefficient (Wildman–Crippen LogP) is 8.62. The van der Waals surface area contributed by atoms with Gasteiger partial charge < -0.3 is 38.7 Å². The van der Waals surface area contributed by atoms with Gasteiger partial charge in [0, 0.05) is 38.3 Å². The SMILES string of the molecule is COC(C)OCCC1C(C)CCC1C1(C=O)CC2C=C(C(C)C)C1(C(=O)O)C2.COC(C)OCCC1C(C)CCC1C1(C=O)CC2C=C(C(C)C)C1(C(=O)O)C2. The monoisotopic (exact) mass is 785 g/mol. The molecule has 0 saturated heterocycles. The van der Waals surface area contributed by atoms with Gasteiger partial charge in [-0.25, -0.2) is 0 Å². The van der Waals surface area contributed by atoms with Crippen molar-refractivity contribution in [3.05, 3.63) is 23.3 Å². The third kappa shape index (κ3) is 7.19. The normalized spacial score (nSPS) is 40.7. The van der Waals surface area contributed by atoms with E-state index in [0.29, 0.717) is 62.6 Å². The molecule has 2 N–H and O–H groups in total. The van der Waals surface area contributed by atoms with Crippen LogP contribution in [0.5, 0.6) is 0 Å². The minimum absolute atomic E-state index is 0.102. The van der Waals surface area contributed by atoms with Gasteiger partial charge in [-0.05, 0) is 124 Å². The van der Waals surface area contributed by atoms with E-state index in [9.17, 15) is 29.4 Å². The molecule has 0 amide bonds. The number of allylic oxidation sites excluding steroid dienone is 2. The third-order valence-corrected chi connectivity index (χ3v) is 16.1. The molecular weight excluding hydrogens is 712 g/mol. The summed E-state index contributed by atoms with van der Waals surface area (Å²) in [5.74, 6) is 0.850. The molecular formula is C46H72O10. The first-order valence-corrected chi connectivity index (χ1v) is 21.6. The maximum atomic E-state index is 12.7.